The van der Waals surface area contributed by atoms with Crippen LogP contribution in [-0.2, 0) is 7.05 Å². The van der Waals surface area contributed by atoms with E-state index in [4.69, 9.17) is 5.11 Å². The largest absolute Gasteiger partial charge is 0.395 e. The molecule has 0 aliphatic heterocycles. The van der Waals surface area contributed by atoms with E-state index < -0.39 is 0 Å². The van der Waals surface area contributed by atoms with Gasteiger partial charge in [-0.25, -0.2) is 0 Å². The molecule has 7 heteroatoms. The number of nitrogens with zero attached hydrogens (tertiary/aromatic N) is 4. The minimum atomic E-state index is 0.0334. The van der Waals surface area contributed by atoms with Crippen LogP contribution in [0.25, 0.3) is 11.0 Å². The van der Waals surface area contributed by atoms with Crippen molar-refractivity contribution in [1.82, 2.24) is 19.7 Å². The minimum Gasteiger partial charge on any atom is -0.395 e. The van der Waals surface area contributed by atoms with Crippen molar-refractivity contribution in [3.8, 4) is 0 Å². The molecule has 0 bridgehead atoms. The number of aryl methyl sites for hydroxylation is 3. The van der Waals surface area contributed by atoms with E-state index >= 15 is 0 Å². The standard InChI is InChI=1S/C16H20N6O/c1-10-4-5-12(8-11(10)2)19-16-20-14(17-6-7-23)13-9-18-22(3)15(13)21-16/h4-5,8-9,23H,6-7H2,1-3H3,(H2,17,19,20,21). The third-order valence-electron chi connectivity index (χ3n) is 3.76. The average Bonchev–Trinajstić information content (AvgIpc) is 2.90. The van der Waals surface area contributed by atoms with Crippen LogP contribution >= 0.6 is 0 Å². The molecule has 7 nitrogen and oxygen atoms in total. The Hall–Kier alpha value is -2.67. The topological polar surface area (TPSA) is 87.9 Å². The van der Waals surface area contributed by atoms with Gasteiger partial charge in [0.1, 0.15) is 5.82 Å². The molecule has 2 aromatic heterocycles. The van der Waals surface area contributed by atoms with E-state index in [-0.39, 0.29) is 6.61 Å². The third kappa shape index (κ3) is 3.09. The minimum absolute atomic E-state index is 0.0334. The Morgan fingerprint density at radius 3 is 2.74 bits per heavy atom. The van der Waals surface area contributed by atoms with Crippen molar-refractivity contribution in [1.29, 1.82) is 0 Å². The van der Waals surface area contributed by atoms with Gasteiger partial charge in [-0.2, -0.15) is 15.1 Å². The van der Waals surface area contributed by atoms with Crippen LogP contribution < -0.4 is 10.6 Å². The smallest absolute Gasteiger partial charge is 0.231 e. The summed E-state index contributed by atoms with van der Waals surface area (Å²) in [7, 11) is 1.84. The maximum Gasteiger partial charge on any atom is 0.231 e. The zero-order valence-electron chi connectivity index (χ0n) is 13.5. The molecule has 0 saturated heterocycles. The maximum atomic E-state index is 9.02. The zero-order chi connectivity index (χ0) is 16.4. The Morgan fingerprint density at radius 1 is 1.17 bits per heavy atom. The van der Waals surface area contributed by atoms with E-state index in [0.717, 1.165) is 16.7 Å². The number of benzene rings is 1. The molecule has 0 radical (unpaired) electrons. The summed E-state index contributed by atoms with van der Waals surface area (Å²) >= 11 is 0. The molecule has 23 heavy (non-hydrogen) atoms. The number of nitrogens with one attached hydrogen (secondary N) is 2. The van der Waals surface area contributed by atoms with Gasteiger partial charge in [0.2, 0.25) is 5.95 Å². The molecule has 0 spiro atoms. The lowest BCUT2D eigenvalue weighted by Crippen LogP contribution is -2.09. The fourth-order valence-corrected chi connectivity index (χ4v) is 2.34. The lowest BCUT2D eigenvalue weighted by Gasteiger charge is -2.10. The molecule has 3 aromatic rings. The van der Waals surface area contributed by atoms with E-state index in [1.807, 2.05) is 13.1 Å². The molecule has 1 aromatic carbocycles. The first-order valence-electron chi connectivity index (χ1n) is 7.47. The summed E-state index contributed by atoms with van der Waals surface area (Å²) in [6, 6.07) is 6.12. The Labute approximate surface area is 134 Å². The lowest BCUT2D eigenvalue weighted by atomic mass is 10.1. The fourth-order valence-electron chi connectivity index (χ4n) is 2.34. The number of fused-ring (bicyclic) bond motifs is 1. The second-order valence-electron chi connectivity index (χ2n) is 5.48. The first-order chi connectivity index (χ1) is 11.1. The number of aliphatic hydroxyl groups excluding tert-OH is 1. The Kier molecular flexibility index (Phi) is 4.12. The molecule has 0 aliphatic rings. The molecule has 2 heterocycles. The van der Waals surface area contributed by atoms with Gasteiger partial charge >= 0.3 is 0 Å². The molecule has 0 aliphatic carbocycles. The number of anilines is 3. The van der Waals surface area contributed by atoms with Crippen molar-refractivity contribution in [2.45, 2.75) is 13.8 Å². The highest BCUT2D eigenvalue weighted by Gasteiger charge is 2.11. The molecular formula is C16H20N6O. The first kappa shape index (κ1) is 15.2. The summed E-state index contributed by atoms with van der Waals surface area (Å²) in [6.45, 7) is 4.60. The first-order valence-corrected chi connectivity index (χ1v) is 7.47. The summed E-state index contributed by atoms with van der Waals surface area (Å²) in [5.41, 5.74) is 4.11. The molecular weight excluding hydrogens is 292 g/mol. The Morgan fingerprint density at radius 2 is 2.00 bits per heavy atom. The van der Waals surface area contributed by atoms with Crippen LogP contribution in [0.4, 0.5) is 17.5 Å². The van der Waals surface area contributed by atoms with Crippen LogP contribution in [0.15, 0.2) is 24.4 Å². The van der Waals surface area contributed by atoms with Crippen LogP contribution in [0.3, 0.4) is 0 Å². The molecule has 0 atom stereocenters. The summed E-state index contributed by atoms with van der Waals surface area (Å²) in [6.07, 6.45) is 1.72. The van der Waals surface area contributed by atoms with Gasteiger partial charge in [-0.05, 0) is 37.1 Å². The highest BCUT2D eigenvalue weighted by Crippen LogP contribution is 2.23. The predicted molar refractivity (Wildman–Crippen MR) is 91.1 cm³/mol. The van der Waals surface area contributed by atoms with Crippen molar-refractivity contribution in [2.24, 2.45) is 7.05 Å². The number of aliphatic hydroxyl groups is 1. The highest BCUT2D eigenvalue weighted by molar-refractivity contribution is 5.87. The second kappa shape index (κ2) is 6.21. The van der Waals surface area contributed by atoms with Gasteiger partial charge in [0.05, 0.1) is 18.2 Å². The predicted octanol–water partition coefficient (Wildman–Crippen LogP) is 2.13. The van der Waals surface area contributed by atoms with Crippen LogP contribution in [0, 0.1) is 13.8 Å². The molecule has 0 saturated carbocycles. The third-order valence-corrected chi connectivity index (χ3v) is 3.76. The van der Waals surface area contributed by atoms with Crippen molar-refractivity contribution in [2.75, 3.05) is 23.8 Å². The molecule has 120 valence electrons. The zero-order valence-corrected chi connectivity index (χ0v) is 13.5. The monoisotopic (exact) mass is 312 g/mol. The summed E-state index contributed by atoms with van der Waals surface area (Å²) in [5, 5.41) is 20.4. The summed E-state index contributed by atoms with van der Waals surface area (Å²) < 4.78 is 1.70. The van der Waals surface area contributed by atoms with Gasteiger partial charge in [0.25, 0.3) is 0 Å². The van der Waals surface area contributed by atoms with Crippen molar-refractivity contribution in [3.05, 3.63) is 35.5 Å². The molecule has 3 N–H and O–H groups in total. The number of hydrogen-bond donors (Lipinski definition) is 3. The number of aromatic nitrogens is 4. The van der Waals surface area contributed by atoms with Crippen LogP contribution in [0.5, 0.6) is 0 Å². The van der Waals surface area contributed by atoms with Crippen molar-refractivity contribution >= 4 is 28.5 Å². The quantitative estimate of drug-likeness (QED) is 0.669. The van der Waals surface area contributed by atoms with Crippen LogP contribution in [-0.4, -0.2) is 38.0 Å². The van der Waals surface area contributed by atoms with Crippen LogP contribution in [0.1, 0.15) is 11.1 Å². The maximum absolute atomic E-state index is 9.02. The van der Waals surface area contributed by atoms with E-state index in [9.17, 15) is 0 Å². The normalized spacial score (nSPS) is 11.0. The van der Waals surface area contributed by atoms with Gasteiger partial charge in [-0.15, -0.1) is 0 Å². The number of rotatable bonds is 5. The summed E-state index contributed by atoms with van der Waals surface area (Å²) in [5.74, 6) is 1.15. The molecule has 0 amide bonds. The van der Waals surface area contributed by atoms with Crippen molar-refractivity contribution in [3.63, 3.8) is 0 Å². The highest BCUT2D eigenvalue weighted by atomic mass is 16.3. The van der Waals surface area contributed by atoms with E-state index in [2.05, 4.69) is 51.7 Å². The SMILES string of the molecule is Cc1ccc(Nc2nc(NCCO)c3cnn(C)c3n2)cc1C. The van der Waals surface area contributed by atoms with Gasteiger partial charge in [0.15, 0.2) is 5.65 Å². The van der Waals surface area contributed by atoms with E-state index in [1.54, 1.807) is 10.9 Å². The lowest BCUT2D eigenvalue weighted by molar-refractivity contribution is 0.311. The van der Waals surface area contributed by atoms with Gasteiger partial charge in [-0.3, -0.25) is 4.68 Å². The number of hydrogen-bond acceptors (Lipinski definition) is 6. The molecule has 0 fully saturated rings. The van der Waals surface area contributed by atoms with Gasteiger partial charge < -0.3 is 15.7 Å². The molecule has 0 unspecified atom stereocenters. The fraction of sp³-hybridized carbons (Fsp3) is 0.312. The van der Waals surface area contributed by atoms with Gasteiger partial charge in [-0.1, -0.05) is 6.07 Å². The van der Waals surface area contributed by atoms with E-state index in [1.165, 1.54) is 11.1 Å². The second-order valence-corrected chi connectivity index (χ2v) is 5.48. The average molecular weight is 312 g/mol. The van der Waals surface area contributed by atoms with Crippen LogP contribution in [0.2, 0.25) is 0 Å². The summed E-state index contributed by atoms with van der Waals surface area (Å²) in [4.78, 5) is 9.03. The Balaban J connectivity index is 1.99. The van der Waals surface area contributed by atoms with Gasteiger partial charge in [0, 0.05) is 19.3 Å². The van der Waals surface area contributed by atoms with E-state index in [0.29, 0.717) is 18.3 Å². The molecule has 3 rings (SSSR count). The Bertz CT molecular complexity index is 842. The van der Waals surface area contributed by atoms with Crippen molar-refractivity contribution < 1.29 is 5.11 Å².